The summed E-state index contributed by atoms with van der Waals surface area (Å²) in [4.78, 5) is 53.0. The summed E-state index contributed by atoms with van der Waals surface area (Å²) < 4.78 is 37.1. The van der Waals surface area contributed by atoms with Crippen molar-refractivity contribution in [3.8, 4) is 0 Å². The number of epoxide rings is 2. The van der Waals surface area contributed by atoms with Crippen molar-refractivity contribution in [3.05, 3.63) is 0 Å². The molecule has 284 valence electrons. The van der Waals surface area contributed by atoms with Gasteiger partial charge >= 0.3 is 23.9 Å². The summed E-state index contributed by atoms with van der Waals surface area (Å²) in [6.07, 6.45) is -5.34. The Balaban J connectivity index is 1.34. The molecule has 8 fully saturated rings. The number of esters is 4. The zero-order valence-corrected chi connectivity index (χ0v) is 30.8. The Bertz CT molecular complexity index is 1580. The Labute approximate surface area is 297 Å². The molecule has 0 amide bonds. The molecule has 20 atom stereocenters. The first-order valence-electron chi connectivity index (χ1n) is 18.5. The molecule has 0 aromatic rings. The van der Waals surface area contributed by atoms with Crippen LogP contribution in [0.25, 0.3) is 0 Å². The van der Waals surface area contributed by atoms with E-state index >= 15 is 0 Å². The summed E-state index contributed by atoms with van der Waals surface area (Å²) in [6.45, 7) is 15.3. The van der Waals surface area contributed by atoms with E-state index in [2.05, 4.69) is 0 Å². The molecule has 5 aliphatic carbocycles. The van der Waals surface area contributed by atoms with Crippen LogP contribution in [0.3, 0.4) is 0 Å². The van der Waals surface area contributed by atoms with Gasteiger partial charge in [-0.15, -0.1) is 0 Å². The van der Waals surface area contributed by atoms with Crippen molar-refractivity contribution in [1.29, 1.82) is 0 Å². The number of aliphatic hydroxyl groups is 3. The standard InChI is InChI=1S/C37H53NO13/c1-13(2)10-20(41)49-30-26-18(48-26)12-36(45)28(38)25(42)21-17(33(30,36)7)11-19(46-15(4)39)32(6)22-14(3)29-37(50-29)34(8,35(9,44)31(43)51-37)24(22)27(23(21)32)47-16(5)40/h13-14,17-19,21-30,42,44-45H,10-12,38H2,1-9H3/t14-,17?,18-,19-,21?,22-,23+,24-,25+,26-,27+,28-,29+,30-,32+,33-,34-,35+,36-,37-/m0/s1. The van der Waals surface area contributed by atoms with Crippen LogP contribution >= 0.6 is 0 Å². The maximum absolute atomic E-state index is 13.4. The quantitative estimate of drug-likeness (QED) is 0.177. The number of ether oxygens (including phenoxy) is 6. The summed E-state index contributed by atoms with van der Waals surface area (Å²) in [7, 11) is 0. The van der Waals surface area contributed by atoms with Crippen molar-refractivity contribution >= 4 is 23.9 Å². The van der Waals surface area contributed by atoms with Gasteiger partial charge in [0.15, 0.2) is 5.60 Å². The van der Waals surface area contributed by atoms with Crippen molar-refractivity contribution in [2.75, 3.05) is 0 Å². The van der Waals surface area contributed by atoms with Crippen molar-refractivity contribution in [3.63, 3.8) is 0 Å². The maximum atomic E-state index is 13.4. The molecule has 5 N–H and O–H groups in total. The molecule has 0 aromatic carbocycles. The summed E-state index contributed by atoms with van der Waals surface area (Å²) in [5, 5.41) is 37.3. The van der Waals surface area contributed by atoms with Crippen LogP contribution in [0.5, 0.6) is 0 Å². The minimum absolute atomic E-state index is 0.00689. The van der Waals surface area contributed by atoms with Crippen LogP contribution in [-0.2, 0) is 47.6 Å². The number of carbonyl (C=O) groups excluding carboxylic acids is 4. The smallest absolute Gasteiger partial charge is 0.341 e. The van der Waals surface area contributed by atoms with Crippen LogP contribution < -0.4 is 5.73 Å². The molecule has 0 radical (unpaired) electrons. The Morgan fingerprint density at radius 2 is 1.65 bits per heavy atom. The number of hydrogen-bond acceptors (Lipinski definition) is 14. The van der Waals surface area contributed by atoms with Crippen molar-refractivity contribution in [2.45, 2.75) is 147 Å². The normalized spacial score (nSPS) is 58.4. The number of hydrogen-bond donors (Lipinski definition) is 4. The van der Waals surface area contributed by atoms with E-state index in [-0.39, 0.29) is 31.1 Å². The Morgan fingerprint density at radius 3 is 2.25 bits per heavy atom. The third kappa shape index (κ3) is 3.99. The van der Waals surface area contributed by atoms with E-state index in [1.165, 1.54) is 20.8 Å². The summed E-state index contributed by atoms with van der Waals surface area (Å²) in [5.41, 5.74) is -0.645. The fourth-order valence-electron chi connectivity index (χ4n) is 13.4. The predicted octanol–water partition coefficient (Wildman–Crippen LogP) is 0.982. The number of rotatable bonds is 5. The minimum Gasteiger partial charge on any atom is -0.462 e. The van der Waals surface area contributed by atoms with Gasteiger partial charge in [-0.05, 0) is 49.9 Å². The molecule has 3 saturated heterocycles. The highest BCUT2D eigenvalue weighted by atomic mass is 16.8. The van der Waals surface area contributed by atoms with E-state index in [0.29, 0.717) is 0 Å². The predicted molar refractivity (Wildman–Crippen MR) is 173 cm³/mol. The summed E-state index contributed by atoms with van der Waals surface area (Å²) in [5.74, 6) is -7.78. The van der Waals surface area contributed by atoms with Crippen LogP contribution in [0.15, 0.2) is 0 Å². The fraction of sp³-hybridized carbons (Fsp3) is 0.892. The van der Waals surface area contributed by atoms with Crippen LogP contribution in [0, 0.1) is 57.7 Å². The lowest BCUT2D eigenvalue weighted by atomic mass is 9.40. The Morgan fingerprint density at radius 1 is 1.00 bits per heavy atom. The lowest BCUT2D eigenvalue weighted by Crippen LogP contribution is -2.80. The molecule has 3 aliphatic heterocycles. The fourth-order valence-corrected chi connectivity index (χ4v) is 13.4. The van der Waals surface area contributed by atoms with E-state index in [1.54, 1.807) is 6.92 Å². The van der Waals surface area contributed by atoms with Gasteiger partial charge in [-0.1, -0.05) is 34.6 Å². The topological polar surface area (TPSA) is 217 Å². The van der Waals surface area contributed by atoms with Crippen molar-refractivity contribution in [1.82, 2.24) is 0 Å². The second-order valence-corrected chi connectivity index (χ2v) is 18.3. The van der Waals surface area contributed by atoms with E-state index < -0.39 is 135 Å². The molecular formula is C37H53NO13. The average molecular weight is 720 g/mol. The molecule has 8 rings (SSSR count). The molecule has 51 heavy (non-hydrogen) atoms. The number of nitrogens with two attached hydrogens (primary N) is 1. The van der Waals surface area contributed by atoms with Gasteiger partial charge < -0.3 is 49.5 Å². The van der Waals surface area contributed by atoms with E-state index in [0.717, 1.165) is 0 Å². The first-order chi connectivity index (χ1) is 23.5. The number of fused-ring (bicyclic) bond motifs is 9. The number of carbonyl (C=O) groups is 4. The molecule has 5 saturated carbocycles. The van der Waals surface area contributed by atoms with Crippen LogP contribution in [0.1, 0.15) is 81.6 Å². The molecule has 3 heterocycles. The molecule has 14 heteroatoms. The minimum atomic E-state index is -2.06. The molecule has 0 aromatic heterocycles. The molecule has 14 nitrogen and oxygen atoms in total. The van der Waals surface area contributed by atoms with Crippen LogP contribution in [0.4, 0.5) is 0 Å². The van der Waals surface area contributed by atoms with Gasteiger partial charge in [0.25, 0.3) is 0 Å². The summed E-state index contributed by atoms with van der Waals surface area (Å²) >= 11 is 0. The van der Waals surface area contributed by atoms with E-state index in [9.17, 15) is 34.5 Å². The monoisotopic (exact) mass is 719 g/mol. The van der Waals surface area contributed by atoms with Crippen molar-refractivity contribution < 1.29 is 62.9 Å². The van der Waals surface area contributed by atoms with Crippen LogP contribution in [0.2, 0.25) is 0 Å². The van der Waals surface area contributed by atoms with Gasteiger partial charge in [0.1, 0.15) is 30.5 Å². The zero-order chi connectivity index (χ0) is 37.3. The lowest BCUT2D eigenvalue weighted by molar-refractivity contribution is -0.292. The van der Waals surface area contributed by atoms with Gasteiger partial charge in [0.2, 0.25) is 5.79 Å². The highest BCUT2D eigenvalue weighted by Crippen LogP contribution is 2.81. The van der Waals surface area contributed by atoms with Gasteiger partial charge in [-0.25, -0.2) is 4.79 Å². The second kappa shape index (κ2) is 10.4. The van der Waals surface area contributed by atoms with Gasteiger partial charge in [0.05, 0.1) is 29.3 Å². The molecule has 0 bridgehead atoms. The lowest BCUT2D eigenvalue weighted by Gasteiger charge is -2.68. The molecule has 1 spiro atoms. The molecule has 8 aliphatic rings. The first-order valence-corrected chi connectivity index (χ1v) is 18.5. The third-order valence-corrected chi connectivity index (χ3v) is 15.8. The maximum Gasteiger partial charge on any atom is 0.341 e. The van der Waals surface area contributed by atoms with Gasteiger partial charge in [-0.2, -0.15) is 0 Å². The van der Waals surface area contributed by atoms with Crippen LogP contribution in [-0.4, -0.2) is 105 Å². The Hall–Kier alpha value is -2.36. The molecular weight excluding hydrogens is 666 g/mol. The van der Waals surface area contributed by atoms with Gasteiger partial charge in [0, 0.05) is 49.4 Å². The second-order valence-electron chi connectivity index (χ2n) is 18.3. The zero-order valence-electron chi connectivity index (χ0n) is 30.8. The SMILES string of the molecule is CC(=O)O[C@H]1[C@@H]2[C@H]([C@H](C)[C@H]3O[C@]34OC(=O)[C@@](C)(O)[C@]24C)[C@@]2(C)[C@@H](OC(C)=O)CC3C([C@@H](O)[C@H](N)[C@@]4(O)C[C@@H]5O[C@@H]5[C@H](OC(=O)CC(C)C)[C@]34C)[C@H]12. The molecule has 2 unspecified atom stereocenters. The highest BCUT2D eigenvalue weighted by Gasteiger charge is 2.93. The van der Waals surface area contributed by atoms with E-state index in [4.69, 9.17) is 34.2 Å². The first kappa shape index (κ1) is 35.7. The third-order valence-electron chi connectivity index (χ3n) is 15.8. The Kier molecular flexibility index (Phi) is 7.30. The average Bonchev–Trinajstić information content (AvgIpc) is 3.91. The largest absolute Gasteiger partial charge is 0.462 e. The highest BCUT2D eigenvalue weighted by molar-refractivity contribution is 5.84. The number of aliphatic hydroxyl groups excluding tert-OH is 1. The summed E-state index contributed by atoms with van der Waals surface area (Å²) in [6, 6.07) is -1.23. The van der Waals surface area contributed by atoms with Crippen molar-refractivity contribution in [2.24, 2.45) is 63.4 Å². The van der Waals surface area contributed by atoms with Gasteiger partial charge in [-0.3, -0.25) is 14.4 Å². The van der Waals surface area contributed by atoms with E-state index in [1.807, 2.05) is 34.6 Å².